The van der Waals surface area contributed by atoms with Crippen molar-refractivity contribution in [3.05, 3.63) is 94.5 Å². The third-order valence-corrected chi connectivity index (χ3v) is 12.5. The molecule has 2 bridgehead atoms. The van der Waals surface area contributed by atoms with Gasteiger partial charge in [-0.05, 0) is 85.4 Å². The summed E-state index contributed by atoms with van der Waals surface area (Å²) in [6, 6.07) is 11.5. The highest BCUT2D eigenvalue weighted by Gasteiger charge is 2.42. The number of nitrogens with zero attached hydrogens (tertiary/aromatic N) is 4. The van der Waals surface area contributed by atoms with E-state index in [9.17, 15) is 13.8 Å². The van der Waals surface area contributed by atoms with Crippen LogP contribution in [0.5, 0.6) is 5.75 Å². The van der Waals surface area contributed by atoms with Gasteiger partial charge in [-0.2, -0.15) is 0 Å². The summed E-state index contributed by atoms with van der Waals surface area (Å²) < 4.78 is 33.7. The van der Waals surface area contributed by atoms with E-state index in [4.69, 9.17) is 21.1 Å². The molecule has 5 atom stereocenters. The number of anilines is 1. The third-order valence-electron chi connectivity index (χ3n) is 10.4. The van der Waals surface area contributed by atoms with E-state index >= 15 is 0 Å². The van der Waals surface area contributed by atoms with Crippen LogP contribution in [0.3, 0.4) is 0 Å². The van der Waals surface area contributed by atoms with E-state index in [0.717, 1.165) is 42.9 Å². The Morgan fingerprint density at radius 1 is 1.20 bits per heavy atom. The fourth-order valence-corrected chi connectivity index (χ4v) is 9.46. The van der Waals surface area contributed by atoms with Gasteiger partial charge in [-0.1, -0.05) is 50.1 Å². The number of hydrogen-bond donors (Lipinski definition) is 1. The maximum Gasteiger partial charge on any atom is 0.286 e. The topological polar surface area (TPSA) is 123 Å². The molecule has 1 spiro atoms. The van der Waals surface area contributed by atoms with E-state index in [1.807, 2.05) is 24.3 Å². The first-order chi connectivity index (χ1) is 24.1. The number of allylic oxidation sites excluding steroid dienone is 1. The Morgan fingerprint density at radius 2 is 2.06 bits per heavy atom. The van der Waals surface area contributed by atoms with Gasteiger partial charge >= 0.3 is 0 Å². The molecule has 10 nitrogen and oxygen atoms in total. The minimum Gasteiger partial charge on any atom is -0.490 e. The van der Waals surface area contributed by atoms with Crippen LogP contribution in [0, 0.1) is 11.8 Å². The first kappa shape index (κ1) is 36.0. The quantitative estimate of drug-likeness (QED) is 0.296. The number of rotatable bonds is 5. The van der Waals surface area contributed by atoms with E-state index in [1.54, 1.807) is 13.2 Å². The van der Waals surface area contributed by atoms with Gasteiger partial charge in [-0.15, -0.1) is 4.36 Å². The summed E-state index contributed by atoms with van der Waals surface area (Å²) in [5, 5.41) is 0.732. The van der Waals surface area contributed by atoms with Crippen LogP contribution in [-0.2, 0) is 37.7 Å². The number of benzene rings is 2. The number of fused-ring (bicyclic) bond motifs is 3. The van der Waals surface area contributed by atoms with Gasteiger partial charge in [0.15, 0.2) is 0 Å². The molecule has 3 heterocycles. The number of hydrogen-bond acceptors (Lipinski definition) is 8. The molecule has 3 aromatic rings. The summed E-state index contributed by atoms with van der Waals surface area (Å²) in [6.45, 7) is 6.35. The molecule has 1 aliphatic carbocycles. The summed E-state index contributed by atoms with van der Waals surface area (Å²) in [5.74, 6) is -0.0648. The zero-order valence-electron chi connectivity index (χ0n) is 29.0. The van der Waals surface area contributed by atoms with Gasteiger partial charge in [0.2, 0.25) is 5.91 Å². The Morgan fingerprint density at radius 3 is 2.84 bits per heavy atom. The lowest BCUT2D eigenvalue weighted by Gasteiger charge is -2.42. The summed E-state index contributed by atoms with van der Waals surface area (Å²) in [4.78, 5) is 37.4. The van der Waals surface area contributed by atoms with Gasteiger partial charge in [0, 0.05) is 54.8 Å². The number of ether oxygens (including phenoxy) is 2. The monoisotopic (exact) mass is 719 g/mol. The minimum atomic E-state index is -3.47. The largest absolute Gasteiger partial charge is 0.490 e. The van der Waals surface area contributed by atoms with Crippen LogP contribution in [0.25, 0.3) is 0 Å². The second kappa shape index (κ2) is 15.6. The molecule has 6 rings (SSSR count). The van der Waals surface area contributed by atoms with Crippen molar-refractivity contribution in [1.82, 2.24) is 14.7 Å². The van der Waals surface area contributed by atoms with Crippen LogP contribution in [-0.4, -0.2) is 64.7 Å². The standard InChI is InChI=1S/C38H46ClN5O5S/c1-4-27-23-44-24-38(15-8-9-28-19-30(39)12-13-32(28)38)25-49-35-14-11-29(20-33(35)44)37(46)43-50(47,18-7-5-6-10-34(48-3)26(27)2)42-36(45)21-31-22-40-16-17-41-31/h6,10-14,16-17,19-20,22,26-27,34H,4-5,7-9,15,18,21,23-25H2,1-3H3,(H,42,43,45,46,47)/b10-6-/t26-,27+,34+,38+,50?/m1/s1. The lowest BCUT2D eigenvalue weighted by atomic mass is 9.70. The van der Waals surface area contributed by atoms with Crippen molar-refractivity contribution in [2.45, 2.75) is 70.3 Å². The number of aromatic nitrogens is 2. The molecule has 0 saturated carbocycles. The summed E-state index contributed by atoms with van der Waals surface area (Å²) in [5.41, 5.74) is 3.73. The molecule has 50 heavy (non-hydrogen) atoms. The fraction of sp³-hybridized carbons (Fsp3) is 0.474. The van der Waals surface area contributed by atoms with Gasteiger partial charge in [0.1, 0.15) is 15.7 Å². The molecule has 3 aliphatic rings. The van der Waals surface area contributed by atoms with Crippen LogP contribution in [0.2, 0.25) is 5.02 Å². The summed E-state index contributed by atoms with van der Waals surface area (Å²) in [7, 11) is -1.73. The molecule has 0 fully saturated rings. The van der Waals surface area contributed by atoms with Crippen molar-refractivity contribution < 1.29 is 23.3 Å². The van der Waals surface area contributed by atoms with Crippen molar-refractivity contribution in [3.63, 3.8) is 0 Å². The van der Waals surface area contributed by atoms with Crippen LogP contribution >= 0.6 is 11.6 Å². The van der Waals surface area contributed by atoms with Gasteiger partial charge in [0.25, 0.3) is 5.91 Å². The molecule has 1 unspecified atom stereocenters. The number of methoxy groups -OCH3 is 1. The first-order valence-corrected chi connectivity index (χ1v) is 19.5. The van der Waals surface area contributed by atoms with E-state index in [2.05, 4.69) is 56.0 Å². The smallest absolute Gasteiger partial charge is 0.286 e. The second-order valence-corrected chi connectivity index (χ2v) is 16.2. The van der Waals surface area contributed by atoms with Crippen molar-refractivity contribution >= 4 is 39.0 Å². The van der Waals surface area contributed by atoms with Crippen LogP contribution in [0.4, 0.5) is 5.69 Å². The molecule has 2 aromatic carbocycles. The molecular formula is C38H46ClN5O5S. The Hall–Kier alpha value is -3.80. The lowest BCUT2D eigenvalue weighted by Crippen LogP contribution is -2.47. The molecule has 2 aliphatic heterocycles. The average molecular weight is 720 g/mol. The summed E-state index contributed by atoms with van der Waals surface area (Å²) in [6.07, 6.45) is 13.2. The van der Waals surface area contributed by atoms with E-state index in [1.165, 1.54) is 29.7 Å². The van der Waals surface area contributed by atoms with Gasteiger partial charge in [-0.3, -0.25) is 24.3 Å². The van der Waals surface area contributed by atoms with Gasteiger partial charge in [0.05, 0.1) is 36.3 Å². The Kier molecular flexibility index (Phi) is 11.2. The highest BCUT2D eigenvalue weighted by atomic mass is 35.5. The molecule has 266 valence electrons. The molecule has 1 aromatic heterocycles. The number of nitrogens with one attached hydrogen (secondary N) is 1. The minimum absolute atomic E-state index is 0.00615. The number of halogens is 1. The first-order valence-electron chi connectivity index (χ1n) is 17.5. The fourth-order valence-electron chi connectivity index (χ4n) is 7.67. The molecule has 12 heteroatoms. The molecular weight excluding hydrogens is 674 g/mol. The molecule has 2 amide bonds. The van der Waals surface area contributed by atoms with Crippen LogP contribution in [0.15, 0.2) is 71.5 Å². The van der Waals surface area contributed by atoms with Crippen LogP contribution < -0.4 is 14.4 Å². The normalized spacial score (nSPS) is 27.7. The van der Waals surface area contributed by atoms with E-state index in [-0.39, 0.29) is 41.1 Å². The summed E-state index contributed by atoms with van der Waals surface area (Å²) >= 11 is 6.45. The van der Waals surface area contributed by atoms with Crippen LogP contribution in [0.1, 0.15) is 73.1 Å². The maximum absolute atomic E-state index is 14.2. The number of carbonyl (C=O) groups is 2. The van der Waals surface area contributed by atoms with Crippen molar-refractivity contribution in [1.29, 1.82) is 0 Å². The predicted octanol–water partition coefficient (Wildman–Crippen LogP) is 6.51. The van der Waals surface area contributed by atoms with Crippen molar-refractivity contribution in [2.75, 3.05) is 37.5 Å². The highest BCUT2D eigenvalue weighted by Crippen LogP contribution is 2.45. The Balaban J connectivity index is 1.41. The lowest BCUT2D eigenvalue weighted by molar-refractivity contribution is -0.118. The zero-order chi connectivity index (χ0) is 35.3. The number of amides is 2. The van der Waals surface area contributed by atoms with E-state index in [0.29, 0.717) is 37.4 Å². The molecule has 1 N–H and O–H groups in total. The highest BCUT2D eigenvalue weighted by molar-refractivity contribution is 7.92. The van der Waals surface area contributed by atoms with Gasteiger partial charge in [-0.25, -0.2) is 4.21 Å². The SMILES string of the molecule is CC[C@H]1CN2C[C@@]3(CCCc4cc(Cl)ccc43)COc3ccc(cc32)C(=O)N=S(=O)(NC(=O)Cc2cnccn2)CCC/C=C\[C@H](OC)[C@@H]1C. The van der Waals surface area contributed by atoms with E-state index < -0.39 is 21.7 Å². The second-order valence-electron chi connectivity index (χ2n) is 13.7. The third kappa shape index (κ3) is 8.05. The van der Waals surface area contributed by atoms with Gasteiger partial charge < -0.3 is 14.4 Å². The van der Waals surface area contributed by atoms with Crippen molar-refractivity contribution in [2.24, 2.45) is 16.2 Å². The Bertz CT molecular complexity index is 1860. The average Bonchev–Trinajstić information content (AvgIpc) is 3.25. The Labute approximate surface area is 300 Å². The zero-order valence-corrected chi connectivity index (χ0v) is 30.5. The maximum atomic E-state index is 14.2. The molecule has 0 radical (unpaired) electrons. The number of aryl methyl sites for hydroxylation is 1. The number of carbonyl (C=O) groups excluding carboxylic acids is 2. The predicted molar refractivity (Wildman–Crippen MR) is 196 cm³/mol. The molecule has 0 saturated heterocycles. The van der Waals surface area contributed by atoms with Crippen molar-refractivity contribution in [3.8, 4) is 5.75 Å².